The van der Waals surface area contributed by atoms with Crippen LogP contribution >= 0.6 is 11.6 Å². The van der Waals surface area contributed by atoms with Gasteiger partial charge in [-0.2, -0.15) is 5.10 Å². The zero-order valence-electron chi connectivity index (χ0n) is 14.0. The number of fused-ring (bicyclic) bond motifs is 1. The van der Waals surface area contributed by atoms with Crippen LogP contribution in [0.4, 0.5) is 4.39 Å². The molecule has 0 aliphatic rings. The lowest BCUT2D eigenvalue weighted by atomic mass is 10.2. The number of nitrogens with one attached hydrogen (secondary N) is 1. The van der Waals surface area contributed by atoms with Crippen LogP contribution < -0.4 is 10.3 Å². The van der Waals surface area contributed by atoms with Crippen molar-refractivity contribution >= 4 is 27.1 Å². The summed E-state index contributed by atoms with van der Waals surface area (Å²) in [4.78, 5) is 12.1. The minimum Gasteiger partial charge on any atom is -0.297 e. The fraction of sp³-hybridized carbons (Fsp3) is 0.250. The Labute approximate surface area is 154 Å². The Morgan fingerprint density at radius 1 is 1.31 bits per heavy atom. The molecule has 1 aromatic carbocycles. The summed E-state index contributed by atoms with van der Waals surface area (Å²) in [6, 6.07) is 5.02. The first kappa shape index (κ1) is 18.6. The highest BCUT2D eigenvalue weighted by molar-refractivity contribution is 7.89. The molecule has 0 saturated carbocycles. The van der Waals surface area contributed by atoms with Crippen LogP contribution in [-0.4, -0.2) is 22.6 Å². The van der Waals surface area contributed by atoms with Gasteiger partial charge >= 0.3 is 0 Å². The van der Waals surface area contributed by atoms with Crippen molar-refractivity contribution in [2.75, 3.05) is 0 Å². The van der Waals surface area contributed by atoms with Crippen LogP contribution in [0.25, 0.3) is 5.52 Å². The van der Waals surface area contributed by atoms with Gasteiger partial charge in [-0.15, -0.1) is 0 Å². The molecule has 0 atom stereocenters. The Hall–Kier alpha value is -2.23. The van der Waals surface area contributed by atoms with Gasteiger partial charge in [0.05, 0.1) is 0 Å². The summed E-state index contributed by atoms with van der Waals surface area (Å²) in [5.74, 6) is 0.0564. The number of hydrogen-bond acceptors (Lipinski definition) is 4. The van der Waals surface area contributed by atoms with Crippen LogP contribution in [0.1, 0.15) is 18.3 Å². The van der Waals surface area contributed by atoms with Crippen LogP contribution in [-0.2, 0) is 30.0 Å². The number of nitrogens with zero attached hydrogens (tertiary/aromatic N) is 3. The topological polar surface area (TPSA) is 85.5 Å². The van der Waals surface area contributed by atoms with Crippen LogP contribution in [0, 0.1) is 5.82 Å². The minimum absolute atomic E-state index is 0.0597. The second kappa shape index (κ2) is 6.82. The van der Waals surface area contributed by atoms with Gasteiger partial charge in [-0.25, -0.2) is 22.2 Å². The predicted molar refractivity (Wildman–Crippen MR) is 95.2 cm³/mol. The molecule has 2 aromatic heterocycles. The summed E-state index contributed by atoms with van der Waals surface area (Å²) in [6.45, 7) is 1.75. The highest BCUT2D eigenvalue weighted by Crippen LogP contribution is 2.19. The summed E-state index contributed by atoms with van der Waals surface area (Å²) < 4.78 is 43.3. The van der Waals surface area contributed by atoms with E-state index < -0.39 is 21.4 Å². The third kappa shape index (κ3) is 3.37. The molecular formula is C16H16ClFN4O3S. The Morgan fingerprint density at radius 3 is 2.69 bits per heavy atom. The van der Waals surface area contributed by atoms with Gasteiger partial charge in [-0.1, -0.05) is 24.6 Å². The molecule has 0 bridgehead atoms. The lowest BCUT2D eigenvalue weighted by molar-refractivity contribution is 0.581. The molecule has 0 aliphatic carbocycles. The summed E-state index contributed by atoms with van der Waals surface area (Å²) in [5.41, 5.74) is 0.261. The molecule has 7 nitrogen and oxygen atoms in total. The largest absolute Gasteiger partial charge is 0.297 e. The number of hydrogen-bond donors (Lipinski definition) is 1. The molecule has 0 spiro atoms. The molecule has 2 heterocycles. The predicted octanol–water partition coefficient (Wildman–Crippen LogP) is 1.87. The van der Waals surface area contributed by atoms with Gasteiger partial charge < -0.3 is 0 Å². The highest BCUT2D eigenvalue weighted by Gasteiger charge is 2.19. The molecule has 0 aliphatic heterocycles. The molecule has 10 heteroatoms. The van der Waals surface area contributed by atoms with E-state index in [0.717, 1.165) is 6.07 Å². The van der Waals surface area contributed by atoms with E-state index in [0.29, 0.717) is 17.8 Å². The van der Waals surface area contributed by atoms with Crippen LogP contribution in [0.2, 0.25) is 5.02 Å². The Balaban J connectivity index is 1.97. The number of aryl methyl sites for hydroxylation is 2. The lowest BCUT2D eigenvalue weighted by Gasteiger charge is -2.07. The molecule has 138 valence electrons. The smallest absolute Gasteiger partial charge is 0.290 e. The van der Waals surface area contributed by atoms with E-state index in [9.17, 15) is 17.6 Å². The highest BCUT2D eigenvalue weighted by atomic mass is 35.5. The quantitative estimate of drug-likeness (QED) is 0.711. The maximum atomic E-state index is 13.1. The van der Waals surface area contributed by atoms with Gasteiger partial charge in [0.1, 0.15) is 22.1 Å². The SMILES string of the molecule is CCc1nn(C)c(=O)c2cc(S(=O)(=O)NCc3ccc(F)cc3Cl)cn12. The van der Waals surface area contributed by atoms with Crippen molar-refractivity contribution in [2.24, 2.45) is 7.05 Å². The van der Waals surface area contributed by atoms with E-state index >= 15 is 0 Å². The van der Waals surface area contributed by atoms with E-state index in [1.54, 1.807) is 0 Å². The molecule has 0 fully saturated rings. The normalized spacial score (nSPS) is 12.0. The summed E-state index contributed by atoms with van der Waals surface area (Å²) in [7, 11) is -2.39. The maximum Gasteiger partial charge on any atom is 0.290 e. The first-order valence-electron chi connectivity index (χ1n) is 7.75. The molecule has 26 heavy (non-hydrogen) atoms. The van der Waals surface area contributed by atoms with Gasteiger partial charge in [0.25, 0.3) is 5.56 Å². The van der Waals surface area contributed by atoms with E-state index in [-0.39, 0.29) is 22.0 Å². The Bertz CT molecular complexity index is 1150. The number of sulfonamides is 1. The van der Waals surface area contributed by atoms with Crippen molar-refractivity contribution in [3.8, 4) is 0 Å². The number of halogens is 2. The molecular weight excluding hydrogens is 383 g/mol. The van der Waals surface area contributed by atoms with Gasteiger partial charge in [-0.05, 0) is 23.8 Å². The maximum absolute atomic E-state index is 13.1. The third-order valence-electron chi connectivity index (χ3n) is 3.95. The van der Waals surface area contributed by atoms with Crippen LogP contribution in [0.15, 0.2) is 40.2 Å². The van der Waals surface area contributed by atoms with Gasteiger partial charge in [-0.3, -0.25) is 9.20 Å². The second-order valence-corrected chi connectivity index (χ2v) is 7.86. The average molecular weight is 399 g/mol. The molecule has 0 saturated heterocycles. The fourth-order valence-corrected chi connectivity index (χ4v) is 3.82. The average Bonchev–Trinajstić information content (AvgIpc) is 3.04. The van der Waals surface area contributed by atoms with Gasteiger partial charge in [0.15, 0.2) is 0 Å². The second-order valence-electron chi connectivity index (χ2n) is 5.69. The van der Waals surface area contributed by atoms with Crippen molar-refractivity contribution < 1.29 is 12.8 Å². The van der Waals surface area contributed by atoms with Crippen molar-refractivity contribution in [1.29, 1.82) is 0 Å². The molecule has 3 aromatic rings. The van der Waals surface area contributed by atoms with E-state index in [1.807, 2.05) is 6.92 Å². The standard InChI is InChI=1S/C16H16ClFN4O3S/c1-3-15-20-21(2)16(23)14-7-12(9-22(14)15)26(24,25)19-8-10-4-5-11(18)6-13(10)17/h4-7,9,19H,3,8H2,1-2H3. The first-order valence-corrected chi connectivity index (χ1v) is 9.61. The van der Waals surface area contributed by atoms with Gasteiger partial charge in [0.2, 0.25) is 10.0 Å². The van der Waals surface area contributed by atoms with E-state index in [1.165, 1.54) is 40.5 Å². The lowest BCUT2D eigenvalue weighted by Crippen LogP contribution is -2.23. The number of rotatable bonds is 5. The zero-order valence-corrected chi connectivity index (χ0v) is 15.6. The van der Waals surface area contributed by atoms with Gasteiger partial charge in [0, 0.05) is 31.2 Å². The van der Waals surface area contributed by atoms with Crippen LogP contribution in [0.3, 0.4) is 0 Å². The number of benzene rings is 1. The molecule has 0 unspecified atom stereocenters. The van der Waals surface area contributed by atoms with Crippen molar-refractivity contribution in [2.45, 2.75) is 24.8 Å². The number of aromatic nitrogens is 3. The summed E-state index contributed by atoms with van der Waals surface area (Å²) in [6.07, 6.45) is 1.88. The summed E-state index contributed by atoms with van der Waals surface area (Å²) >= 11 is 5.92. The molecule has 0 amide bonds. The monoisotopic (exact) mass is 398 g/mol. The van der Waals surface area contributed by atoms with Crippen molar-refractivity contribution in [1.82, 2.24) is 18.9 Å². The van der Waals surface area contributed by atoms with Crippen molar-refractivity contribution in [3.63, 3.8) is 0 Å². The fourth-order valence-electron chi connectivity index (χ4n) is 2.56. The third-order valence-corrected chi connectivity index (χ3v) is 5.67. The first-order chi connectivity index (χ1) is 12.2. The Morgan fingerprint density at radius 2 is 2.04 bits per heavy atom. The molecule has 3 rings (SSSR count). The minimum atomic E-state index is -3.90. The molecule has 1 N–H and O–H groups in total. The van der Waals surface area contributed by atoms with Crippen molar-refractivity contribution in [3.05, 3.63) is 63.0 Å². The Kier molecular flexibility index (Phi) is 4.87. The summed E-state index contributed by atoms with van der Waals surface area (Å²) in [5, 5.41) is 4.25. The van der Waals surface area contributed by atoms with Crippen LogP contribution in [0.5, 0.6) is 0 Å². The van der Waals surface area contributed by atoms with E-state index in [4.69, 9.17) is 11.6 Å². The molecule has 0 radical (unpaired) electrons. The zero-order chi connectivity index (χ0) is 19.1. The van der Waals surface area contributed by atoms with E-state index in [2.05, 4.69) is 9.82 Å².